The largest absolute Gasteiger partial charge is 0.383 e. The van der Waals surface area contributed by atoms with Crippen molar-refractivity contribution in [2.75, 3.05) is 26.0 Å². The van der Waals surface area contributed by atoms with Crippen molar-refractivity contribution in [1.29, 1.82) is 0 Å². The zero-order valence-electron chi connectivity index (χ0n) is 14.2. The molecule has 6 nitrogen and oxygen atoms in total. The van der Waals surface area contributed by atoms with Crippen molar-refractivity contribution in [3.8, 4) is 5.75 Å². The van der Waals surface area contributed by atoms with E-state index in [-0.39, 0.29) is 23.3 Å². The van der Waals surface area contributed by atoms with Gasteiger partial charge in [0.15, 0.2) is 0 Å². The maximum absolute atomic E-state index is 12.6. The summed E-state index contributed by atoms with van der Waals surface area (Å²) in [4.78, 5) is 14.3. The van der Waals surface area contributed by atoms with Gasteiger partial charge in [-0.2, -0.15) is 8.42 Å². The SMILES string of the molecule is CCS(=O)(=O)Oc1ccccc1CN(CCOC)C(=O)C1CCC1. The molecule has 0 bridgehead atoms. The van der Waals surface area contributed by atoms with Gasteiger partial charge in [-0.25, -0.2) is 0 Å². The summed E-state index contributed by atoms with van der Waals surface area (Å²) in [5, 5.41) is 0. The van der Waals surface area contributed by atoms with E-state index in [0.29, 0.717) is 25.3 Å². The Kier molecular flexibility index (Phi) is 6.62. The van der Waals surface area contributed by atoms with Crippen molar-refractivity contribution in [1.82, 2.24) is 4.90 Å². The molecular formula is C17H25NO5S. The second kappa shape index (κ2) is 8.48. The second-order valence-corrected chi connectivity index (χ2v) is 7.78. The molecule has 134 valence electrons. The van der Waals surface area contributed by atoms with Crippen molar-refractivity contribution in [2.24, 2.45) is 5.92 Å². The predicted molar refractivity (Wildman–Crippen MR) is 91.2 cm³/mol. The van der Waals surface area contributed by atoms with E-state index in [1.54, 1.807) is 30.2 Å². The number of rotatable bonds is 9. The van der Waals surface area contributed by atoms with Gasteiger partial charge in [0.2, 0.25) is 5.91 Å². The van der Waals surface area contributed by atoms with Gasteiger partial charge in [0.1, 0.15) is 5.75 Å². The van der Waals surface area contributed by atoms with Gasteiger partial charge in [-0.1, -0.05) is 24.6 Å². The molecule has 0 radical (unpaired) electrons. The highest BCUT2D eigenvalue weighted by Gasteiger charge is 2.29. The maximum atomic E-state index is 12.6. The molecule has 0 aliphatic heterocycles. The first-order valence-electron chi connectivity index (χ1n) is 8.24. The number of ether oxygens (including phenoxy) is 1. The number of carbonyl (C=O) groups is 1. The quantitative estimate of drug-likeness (QED) is 0.635. The number of amides is 1. The Balaban J connectivity index is 2.17. The number of hydrogen-bond acceptors (Lipinski definition) is 5. The third kappa shape index (κ3) is 4.95. The Morgan fingerprint density at radius 1 is 1.29 bits per heavy atom. The maximum Gasteiger partial charge on any atom is 0.308 e. The third-order valence-corrected chi connectivity index (χ3v) is 5.38. The van der Waals surface area contributed by atoms with Gasteiger partial charge in [-0.05, 0) is 25.8 Å². The van der Waals surface area contributed by atoms with Gasteiger partial charge in [-0.3, -0.25) is 4.79 Å². The van der Waals surface area contributed by atoms with Crippen LogP contribution in [-0.2, 0) is 26.2 Å². The predicted octanol–water partition coefficient (Wildman–Crippen LogP) is 2.19. The number of carbonyl (C=O) groups excluding carboxylic acids is 1. The fourth-order valence-electron chi connectivity index (χ4n) is 2.50. The normalized spacial score (nSPS) is 14.9. The van der Waals surface area contributed by atoms with Crippen LogP contribution in [0.1, 0.15) is 31.7 Å². The minimum Gasteiger partial charge on any atom is -0.383 e. The number of methoxy groups -OCH3 is 1. The van der Waals surface area contributed by atoms with E-state index in [9.17, 15) is 13.2 Å². The van der Waals surface area contributed by atoms with Gasteiger partial charge in [-0.15, -0.1) is 0 Å². The molecule has 1 fully saturated rings. The lowest BCUT2D eigenvalue weighted by molar-refractivity contribution is -0.139. The molecule has 0 heterocycles. The number of nitrogens with zero attached hydrogens (tertiary/aromatic N) is 1. The van der Waals surface area contributed by atoms with Crippen LogP contribution in [0.3, 0.4) is 0 Å². The molecule has 1 aliphatic carbocycles. The van der Waals surface area contributed by atoms with Crippen molar-refractivity contribution < 1.29 is 22.1 Å². The summed E-state index contributed by atoms with van der Waals surface area (Å²) in [7, 11) is -2.01. The third-order valence-electron chi connectivity index (χ3n) is 4.24. The minimum absolute atomic E-state index is 0.0781. The molecule has 24 heavy (non-hydrogen) atoms. The Morgan fingerprint density at radius 3 is 2.58 bits per heavy atom. The molecule has 0 spiro atoms. The molecule has 0 saturated heterocycles. The molecule has 0 N–H and O–H groups in total. The summed E-state index contributed by atoms with van der Waals surface area (Å²) >= 11 is 0. The van der Waals surface area contributed by atoms with Crippen molar-refractivity contribution in [3.63, 3.8) is 0 Å². The van der Waals surface area contributed by atoms with Crippen LogP contribution in [0, 0.1) is 5.92 Å². The monoisotopic (exact) mass is 355 g/mol. The zero-order valence-corrected chi connectivity index (χ0v) is 15.0. The lowest BCUT2D eigenvalue weighted by Gasteiger charge is -2.32. The molecule has 1 amide bonds. The van der Waals surface area contributed by atoms with Crippen LogP contribution in [0.5, 0.6) is 5.75 Å². The van der Waals surface area contributed by atoms with E-state index in [0.717, 1.165) is 19.3 Å². The molecule has 0 unspecified atom stereocenters. The Bertz CT molecular complexity index is 655. The van der Waals surface area contributed by atoms with Crippen molar-refractivity contribution >= 4 is 16.0 Å². The van der Waals surface area contributed by atoms with Crippen LogP contribution in [0.4, 0.5) is 0 Å². The molecule has 1 saturated carbocycles. The highest BCUT2D eigenvalue weighted by molar-refractivity contribution is 7.87. The van der Waals surface area contributed by atoms with Crippen LogP contribution in [0.25, 0.3) is 0 Å². The molecular weight excluding hydrogens is 330 g/mol. The van der Waals surface area contributed by atoms with Crippen molar-refractivity contribution in [2.45, 2.75) is 32.7 Å². The van der Waals surface area contributed by atoms with Gasteiger partial charge in [0, 0.05) is 31.7 Å². The smallest absolute Gasteiger partial charge is 0.308 e. The first kappa shape index (κ1) is 18.7. The van der Waals surface area contributed by atoms with Crippen LogP contribution in [-0.4, -0.2) is 45.2 Å². The first-order valence-corrected chi connectivity index (χ1v) is 9.82. The zero-order chi connectivity index (χ0) is 17.6. The average Bonchev–Trinajstić information content (AvgIpc) is 2.51. The van der Waals surface area contributed by atoms with Gasteiger partial charge in [0.05, 0.1) is 12.4 Å². The van der Waals surface area contributed by atoms with E-state index >= 15 is 0 Å². The molecule has 1 aromatic carbocycles. The second-order valence-electron chi connectivity index (χ2n) is 5.92. The molecule has 0 atom stereocenters. The number of hydrogen-bond donors (Lipinski definition) is 0. The highest BCUT2D eigenvalue weighted by Crippen LogP contribution is 2.30. The van der Waals surface area contributed by atoms with Gasteiger partial charge < -0.3 is 13.8 Å². The van der Waals surface area contributed by atoms with E-state index in [1.807, 2.05) is 6.07 Å². The first-order chi connectivity index (χ1) is 11.5. The van der Waals surface area contributed by atoms with Crippen LogP contribution < -0.4 is 4.18 Å². The summed E-state index contributed by atoms with van der Waals surface area (Å²) in [6.45, 7) is 2.76. The Hall–Kier alpha value is -1.60. The molecule has 1 aromatic rings. The number of para-hydroxylation sites is 1. The minimum atomic E-state index is -3.61. The Labute approximate surface area is 143 Å². The average molecular weight is 355 g/mol. The van der Waals surface area contributed by atoms with E-state index in [4.69, 9.17) is 8.92 Å². The van der Waals surface area contributed by atoms with Gasteiger partial charge >= 0.3 is 10.1 Å². The lowest BCUT2D eigenvalue weighted by atomic mass is 9.84. The summed E-state index contributed by atoms with van der Waals surface area (Å²) in [5.74, 6) is 0.361. The summed E-state index contributed by atoms with van der Waals surface area (Å²) in [5.41, 5.74) is 0.679. The topological polar surface area (TPSA) is 72.9 Å². The van der Waals surface area contributed by atoms with Crippen LogP contribution in [0.2, 0.25) is 0 Å². The van der Waals surface area contributed by atoms with E-state index in [2.05, 4.69) is 0 Å². The molecule has 7 heteroatoms. The standard InChI is InChI=1S/C17H25NO5S/c1-3-24(20,21)23-16-10-5-4-7-15(16)13-18(11-12-22-2)17(19)14-8-6-9-14/h4-5,7,10,14H,3,6,8-9,11-13H2,1-2H3. The highest BCUT2D eigenvalue weighted by atomic mass is 32.2. The fourth-order valence-corrected chi connectivity index (χ4v) is 3.05. The summed E-state index contributed by atoms with van der Waals surface area (Å²) in [6, 6.07) is 6.93. The molecule has 0 aromatic heterocycles. The lowest BCUT2D eigenvalue weighted by Crippen LogP contribution is -2.40. The van der Waals surface area contributed by atoms with Gasteiger partial charge in [0.25, 0.3) is 0 Å². The van der Waals surface area contributed by atoms with Crippen LogP contribution >= 0.6 is 0 Å². The van der Waals surface area contributed by atoms with E-state index in [1.165, 1.54) is 6.92 Å². The van der Waals surface area contributed by atoms with Crippen LogP contribution in [0.15, 0.2) is 24.3 Å². The van der Waals surface area contributed by atoms with E-state index < -0.39 is 10.1 Å². The van der Waals surface area contributed by atoms with Crippen molar-refractivity contribution in [3.05, 3.63) is 29.8 Å². The summed E-state index contributed by atoms with van der Waals surface area (Å²) in [6.07, 6.45) is 2.93. The number of benzene rings is 1. The summed E-state index contributed by atoms with van der Waals surface area (Å²) < 4.78 is 33.8. The Morgan fingerprint density at radius 2 is 2.00 bits per heavy atom. The molecule has 1 aliphatic rings. The fraction of sp³-hybridized carbons (Fsp3) is 0.588. The molecule has 2 rings (SSSR count).